The van der Waals surface area contributed by atoms with E-state index < -0.39 is 0 Å². The lowest BCUT2D eigenvalue weighted by Crippen LogP contribution is -2.14. The van der Waals surface area contributed by atoms with Gasteiger partial charge in [0.1, 0.15) is 0 Å². The largest absolute Gasteiger partial charge is 0.460 e. The van der Waals surface area contributed by atoms with Gasteiger partial charge in [0.15, 0.2) is 0 Å². The molecule has 0 N–H and O–H groups in total. The summed E-state index contributed by atoms with van der Waals surface area (Å²) < 4.78 is 6.80. The summed E-state index contributed by atoms with van der Waals surface area (Å²) in [5.74, 6) is -0.0408. The standard InChI is InChI=1S/C16H21N3O2/c1-4-21-16(20)15-17-9-10-19(15)12-14-7-5-13(6-8-14)11-18(2)3/h5-10H,4,11-12H2,1-3H3. The lowest BCUT2D eigenvalue weighted by molar-refractivity contribution is 0.0507. The highest BCUT2D eigenvalue weighted by Gasteiger charge is 2.13. The Hall–Kier alpha value is -2.14. The molecule has 0 aliphatic rings. The summed E-state index contributed by atoms with van der Waals surface area (Å²) in [5.41, 5.74) is 2.39. The average Bonchev–Trinajstić information content (AvgIpc) is 2.89. The van der Waals surface area contributed by atoms with Gasteiger partial charge in [-0.05, 0) is 32.1 Å². The topological polar surface area (TPSA) is 47.4 Å². The molecule has 0 spiro atoms. The van der Waals surface area contributed by atoms with Gasteiger partial charge in [0.25, 0.3) is 0 Å². The van der Waals surface area contributed by atoms with Crippen molar-refractivity contribution >= 4 is 5.97 Å². The van der Waals surface area contributed by atoms with Crippen LogP contribution in [0.15, 0.2) is 36.7 Å². The third kappa shape index (κ3) is 4.16. The number of aromatic nitrogens is 2. The number of carbonyl (C=O) groups excluding carboxylic acids is 1. The molecule has 1 aromatic carbocycles. The molecule has 112 valence electrons. The van der Waals surface area contributed by atoms with E-state index in [4.69, 9.17) is 4.74 Å². The summed E-state index contributed by atoms with van der Waals surface area (Å²) in [6, 6.07) is 8.37. The zero-order chi connectivity index (χ0) is 15.2. The Labute approximate surface area is 125 Å². The van der Waals surface area contributed by atoms with Gasteiger partial charge in [-0.15, -0.1) is 0 Å². The summed E-state index contributed by atoms with van der Waals surface area (Å²) in [4.78, 5) is 18.0. The molecule has 5 heteroatoms. The Kier molecular flexibility index (Phi) is 5.11. The van der Waals surface area contributed by atoms with Crippen molar-refractivity contribution in [3.63, 3.8) is 0 Å². The minimum atomic E-state index is -0.383. The summed E-state index contributed by atoms with van der Waals surface area (Å²) in [6.07, 6.45) is 3.41. The molecule has 0 fully saturated rings. The number of esters is 1. The van der Waals surface area contributed by atoms with Crippen LogP contribution in [0.25, 0.3) is 0 Å². The zero-order valence-corrected chi connectivity index (χ0v) is 12.7. The predicted molar refractivity (Wildman–Crippen MR) is 81.1 cm³/mol. The van der Waals surface area contributed by atoms with E-state index >= 15 is 0 Å². The van der Waals surface area contributed by atoms with Gasteiger partial charge in [0.2, 0.25) is 5.82 Å². The van der Waals surface area contributed by atoms with Gasteiger partial charge < -0.3 is 14.2 Å². The maximum atomic E-state index is 11.8. The first-order chi connectivity index (χ1) is 10.1. The molecule has 0 radical (unpaired) electrons. The highest BCUT2D eigenvalue weighted by Crippen LogP contribution is 2.10. The second-order valence-corrected chi connectivity index (χ2v) is 5.15. The van der Waals surface area contributed by atoms with Gasteiger partial charge in [0.05, 0.1) is 6.61 Å². The lowest BCUT2D eigenvalue weighted by Gasteiger charge is -2.11. The van der Waals surface area contributed by atoms with Crippen LogP contribution in [0.4, 0.5) is 0 Å². The van der Waals surface area contributed by atoms with Crippen LogP contribution in [0.5, 0.6) is 0 Å². The van der Waals surface area contributed by atoms with Crippen LogP contribution in [0.3, 0.4) is 0 Å². The lowest BCUT2D eigenvalue weighted by atomic mass is 10.1. The Morgan fingerprint density at radius 3 is 2.52 bits per heavy atom. The Morgan fingerprint density at radius 1 is 1.24 bits per heavy atom. The van der Waals surface area contributed by atoms with Crippen molar-refractivity contribution in [1.29, 1.82) is 0 Å². The number of ether oxygens (including phenoxy) is 1. The fourth-order valence-electron chi connectivity index (χ4n) is 2.13. The van der Waals surface area contributed by atoms with Crippen molar-refractivity contribution in [3.05, 3.63) is 53.6 Å². The zero-order valence-electron chi connectivity index (χ0n) is 12.7. The fraction of sp³-hybridized carbons (Fsp3) is 0.375. The number of benzene rings is 1. The van der Waals surface area contributed by atoms with Gasteiger partial charge >= 0.3 is 5.97 Å². The maximum absolute atomic E-state index is 11.8. The highest BCUT2D eigenvalue weighted by molar-refractivity contribution is 5.85. The van der Waals surface area contributed by atoms with E-state index in [1.165, 1.54) is 5.56 Å². The molecule has 0 saturated heterocycles. The van der Waals surface area contributed by atoms with Gasteiger partial charge in [0, 0.05) is 25.5 Å². The molecule has 0 saturated carbocycles. The summed E-state index contributed by atoms with van der Waals surface area (Å²) in [5, 5.41) is 0. The van der Waals surface area contributed by atoms with E-state index in [-0.39, 0.29) is 5.97 Å². The maximum Gasteiger partial charge on any atom is 0.374 e. The quantitative estimate of drug-likeness (QED) is 0.764. The number of hydrogen-bond acceptors (Lipinski definition) is 4. The van der Waals surface area contributed by atoms with Crippen molar-refractivity contribution in [1.82, 2.24) is 14.5 Å². The molecule has 2 aromatic rings. The minimum Gasteiger partial charge on any atom is -0.460 e. The summed E-state index contributed by atoms with van der Waals surface area (Å²) in [6.45, 7) is 3.66. The number of imidazole rings is 1. The van der Waals surface area contributed by atoms with Gasteiger partial charge in [-0.1, -0.05) is 24.3 Å². The second-order valence-electron chi connectivity index (χ2n) is 5.15. The first kappa shape index (κ1) is 15.3. The van der Waals surface area contributed by atoms with E-state index in [2.05, 4.69) is 34.1 Å². The first-order valence-corrected chi connectivity index (χ1v) is 7.01. The van der Waals surface area contributed by atoms with Crippen LogP contribution in [0.2, 0.25) is 0 Å². The van der Waals surface area contributed by atoms with Crippen molar-refractivity contribution in [3.8, 4) is 0 Å². The van der Waals surface area contributed by atoms with E-state index in [1.54, 1.807) is 23.9 Å². The van der Waals surface area contributed by atoms with Crippen LogP contribution >= 0.6 is 0 Å². The normalized spacial score (nSPS) is 10.9. The van der Waals surface area contributed by atoms with Crippen molar-refractivity contribution in [2.75, 3.05) is 20.7 Å². The predicted octanol–water partition coefficient (Wildman–Crippen LogP) is 2.17. The number of carbonyl (C=O) groups is 1. The molecule has 1 aromatic heterocycles. The molecule has 2 rings (SSSR count). The minimum absolute atomic E-state index is 0.342. The summed E-state index contributed by atoms with van der Waals surface area (Å²) >= 11 is 0. The monoisotopic (exact) mass is 287 g/mol. The van der Waals surface area contributed by atoms with E-state index in [9.17, 15) is 4.79 Å². The number of rotatable bonds is 6. The van der Waals surface area contributed by atoms with Crippen molar-refractivity contribution in [2.24, 2.45) is 0 Å². The van der Waals surface area contributed by atoms with Crippen LogP contribution < -0.4 is 0 Å². The van der Waals surface area contributed by atoms with Gasteiger partial charge in [-0.3, -0.25) is 0 Å². The molecule has 0 aliphatic heterocycles. The first-order valence-electron chi connectivity index (χ1n) is 7.01. The van der Waals surface area contributed by atoms with Crippen LogP contribution in [0.1, 0.15) is 28.7 Å². The van der Waals surface area contributed by atoms with Crippen LogP contribution in [-0.2, 0) is 17.8 Å². The molecule has 0 unspecified atom stereocenters. The fourth-order valence-corrected chi connectivity index (χ4v) is 2.13. The van der Waals surface area contributed by atoms with Crippen LogP contribution in [-0.4, -0.2) is 41.1 Å². The molecular weight excluding hydrogens is 266 g/mol. The molecular formula is C16H21N3O2. The molecule has 0 atom stereocenters. The molecule has 0 amide bonds. The van der Waals surface area contributed by atoms with E-state index in [1.807, 2.05) is 14.1 Å². The van der Waals surface area contributed by atoms with Crippen LogP contribution in [0, 0.1) is 0 Å². The smallest absolute Gasteiger partial charge is 0.374 e. The molecule has 0 bridgehead atoms. The number of nitrogens with zero attached hydrogens (tertiary/aromatic N) is 3. The third-order valence-corrected chi connectivity index (χ3v) is 3.05. The van der Waals surface area contributed by atoms with E-state index in [0.29, 0.717) is 19.0 Å². The van der Waals surface area contributed by atoms with Crippen molar-refractivity contribution in [2.45, 2.75) is 20.0 Å². The van der Waals surface area contributed by atoms with Gasteiger partial charge in [-0.25, -0.2) is 9.78 Å². The molecule has 0 aliphatic carbocycles. The highest BCUT2D eigenvalue weighted by atomic mass is 16.5. The third-order valence-electron chi connectivity index (χ3n) is 3.05. The Bertz CT molecular complexity index is 588. The molecule has 5 nitrogen and oxygen atoms in total. The molecule has 21 heavy (non-hydrogen) atoms. The molecule has 1 heterocycles. The van der Waals surface area contributed by atoms with Crippen molar-refractivity contribution < 1.29 is 9.53 Å². The number of hydrogen-bond donors (Lipinski definition) is 0. The average molecular weight is 287 g/mol. The summed E-state index contributed by atoms with van der Waals surface area (Å²) in [7, 11) is 4.09. The Morgan fingerprint density at radius 2 is 1.90 bits per heavy atom. The van der Waals surface area contributed by atoms with E-state index in [0.717, 1.165) is 12.1 Å². The second kappa shape index (κ2) is 7.04. The van der Waals surface area contributed by atoms with Gasteiger partial charge in [-0.2, -0.15) is 0 Å². The Balaban J connectivity index is 2.08. The SMILES string of the molecule is CCOC(=O)c1nccn1Cc1ccc(CN(C)C)cc1.